The second kappa shape index (κ2) is 15.6. The second-order valence-electron chi connectivity index (χ2n) is 10.5. The molecule has 1 unspecified atom stereocenters. The van der Waals surface area contributed by atoms with Crippen molar-refractivity contribution in [2.75, 3.05) is 13.1 Å². The molecule has 0 saturated heterocycles. The van der Waals surface area contributed by atoms with Gasteiger partial charge in [0.25, 0.3) is 0 Å². The number of benzene rings is 2. The smallest absolute Gasteiger partial charge is 0.407 e. The molecule has 0 spiro atoms. The van der Waals surface area contributed by atoms with Gasteiger partial charge >= 0.3 is 12.2 Å². The number of amides is 2. The van der Waals surface area contributed by atoms with Gasteiger partial charge in [0, 0.05) is 30.6 Å². The zero-order valence-electron chi connectivity index (χ0n) is 23.7. The first-order valence-electron chi connectivity index (χ1n) is 13.5. The number of ether oxygens (including phenoxy) is 2. The van der Waals surface area contributed by atoms with E-state index in [4.69, 9.17) is 9.47 Å². The van der Waals surface area contributed by atoms with Gasteiger partial charge in [0.05, 0.1) is 4.90 Å². The summed E-state index contributed by atoms with van der Waals surface area (Å²) in [6, 6.07) is 20.9. The van der Waals surface area contributed by atoms with Crippen LogP contribution in [0.1, 0.15) is 50.5 Å². The quantitative estimate of drug-likeness (QED) is 0.222. The lowest BCUT2D eigenvalue weighted by molar-refractivity contribution is 0.0494. The molecule has 1 atom stereocenters. The molecule has 2 aromatic carbocycles. The number of unbranched alkanes of at least 4 members (excludes halogenated alkanes) is 1. The number of carbonyl (C=O) groups is 2. The number of hydrogen-bond acceptors (Lipinski definition) is 7. The van der Waals surface area contributed by atoms with E-state index in [9.17, 15) is 18.0 Å². The fourth-order valence-electron chi connectivity index (χ4n) is 3.98. The summed E-state index contributed by atoms with van der Waals surface area (Å²) in [5.74, 6) is 0. The monoisotopic (exact) mass is 601 g/mol. The van der Waals surface area contributed by atoms with Gasteiger partial charge in [0.1, 0.15) is 12.2 Å². The summed E-state index contributed by atoms with van der Waals surface area (Å²) in [5, 5.41) is 7.51. The minimum absolute atomic E-state index is 0.0565. The summed E-state index contributed by atoms with van der Waals surface area (Å²) in [5.41, 5.74) is 0.196. The number of alkyl carbamates (subject to hydrolysis) is 2. The van der Waals surface area contributed by atoms with E-state index < -0.39 is 33.9 Å². The molecule has 222 valence electrons. The molecular formula is C30H39N3O6S2. The predicted molar refractivity (Wildman–Crippen MR) is 160 cm³/mol. The molecule has 1 aromatic heterocycles. The van der Waals surface area contributed by atoms with Crippen LogP contribution in [-0.4, -0.2) is 49.6 Å². The largest absolute Gasteiger partial charge is 0.445 e. The average Bonchev–Trinajstić information content (AvgIpc) is 3.44. The number of hydrogen-bond donors (Lipinski definition) is 2. The zero-order valence-corrected chi connectivity index (χ0v) is 25.4. The normalized spacial score (nSPS) is 12.5. The van der Waals surface area contributed by atoms with Crippen molar-refractivity contribution in [1.82, 2.24) is 14.9 Å². The highest BCUT2D eigenvalue weighted by atomic mass is 32.2. The Kier molecular flexibility index (Phi) is 12.2. The molecule has 9 nitrogen and oxygen atoms in total. The van der Waals surface area contributed by atoms with E-state index in [2.05, 4.69) is 10.6 Å². The van der Waals surface area contributed by atoms with E-state index in [0.717, 1.165) is 10.4 Å². The maximum absolute atomic E-state index is 13.6. The number of thiophene rings is 1. The fourth-order valence-corrected chi connectivity index (χ4v) is 6.26. The molecule has 0 radical (unpaired) electrons. The molecule has 2 amide bonds. The van der Waals surface area contributed by atoms with E-state index in [1.807, 2.05) is 47.8 Å². The summed E-state index contributed by atoms with van der Waals surface area (Å²) in [6.07, 6.45) is 0.596. The Morgan fingerprint density at radius 3 is 2.24 bits per heavy atom. The van der Waals surface area contributed by atoms with Crippen molar-refractivity contribution in [2.45, 2.75) is 69.7 Å². The van der Waals surface area contributed by atoms with Crippen molar-refractivity contribution in [2.24, 2.45) is 0 Å². The number of nitrogens with one attached hydrogen (secondary N) is 2. The Bertz CT molecular complexity index is 1310. The van der Waals surface area contributed by atoms with E-state index >= 15 is 0 Å². The van der Waals surface area contributed by atoms with Gasteiger partial charge in [-0.15, -0.1) is 11.3 Å². The van der Waals surface area contributed by atoms with Gasteiger partial charge < -0.3 is 20.1 Å². The minimum Gasteiger partial charge on any atom is -0.445 e. The first-order valence-corrected chi connectivity index (χ1v) is 15.9. The van der Waals surface area contributed by atoms with Crippen molar-refractivity contribution in [3.05, 3.63) is 88.6 Å². The van der Waals surface area contributed by atoms with Crippen LogP contribution in [0.2, 0.25) is 0 Å². The van der Waals surface area contributed by atoms with Gasteiger partial charge in [-0.25, -0.2) is 18.0 Å². The maximum Gasteiger partial charge on any atom is 0.407 e. The van der Waals surface area contributed by atoms with E-state index in [1.165, 1.54) is 15.6 Å². The molecule has 3 aromatic rings. The van der Waals surface area contributed by atoms with E-state index in [0.29, 0.717) is 25.8 Å². The third-order valence-electron chi connectivity index (χ3n) is 5.90. The highest BCUT2D eigenvalue weighted by Gasteiger charge is 2.29. The first-order chi connectivity index (χ1) is 19.5. The number of nitrogens with zero attached hydrogens (tertiary/aromatic N) is 1. The molecule has 3 rings (SSSR count). The maximum atomic E-state index is 13.6. The fraction of sp³-hybridized carbons (Fsp3) is 0.400. The molecule has 0 bridgehead atoms. The molecule has 0 aliphatic heterocycles. The van der Waals surface area contributed by atoms with Crippen LogP contribution >= 0.6 is 11.3 Å². The third kappa shape index (κ3) is 11.5. The van der Waals surface area contributed by atoms with Crippen molar-refractivity contribution in [3.63, 3.8) is 0 Å². The van der Waals surface area contributed by atoms with Crippen molar-refractivity contribution < 1.29 is 27.5 Å². The Balaban J connectivity index is 1.63. The topological polar surface area (TPSA) is 114 Å². The molecule has 0 aliphatic carbocycles. The first kappa shape index (κ1) is 32.1. The Hall–Kier alpha value is -3.41. The number of carbonyl (C=O) groups excluding carboxylic acids is 2. The van der Waals surface area contributed by atoms with Crippen LogP contribution < -0.4 is 10.6 Å². The molecule has 0 fully saturated rings. The Morgan fingerprint density at radius 2 is 1.61 bits per heavy atom. The SMILES string of the molecule is CC(C)(C)OC(=O)NC(CCCCNC(=O)OCc1ccccc1)CN(Cc1cccs1)S(=O)(=O)c1ccccc1. The van der Waals surface area contributed by atoms with Crippen LogP contribution in [0.25, 0.3) is 0 Å². The molecule has 1 heterocycles. The zero-order chi connectivity index (χ0) is 29.7. The van der Waals surface area contributed by atoms with E-state index in [-0.39, 0.29) is 24.6 Å². The summed E-state index contributed by atoms with van der Waals surface area (Å²) >= 11 is 1.47. The number of rotatable bonds is 14. The van der Waals surface area contributed by atoms with Crippen LogP contribution in [0.4, 0.5) is 9.59 Å². The Morgan fingerprint density at radius 1 is 0.927 bits per heavy atom. The molecule has 0 saturated carbocycles. The summed E-state index contributed by atoms with van der Waals surface area (Å²) in [6.45, 7) is 6.11. The van der Waals surface area contributed by atoms with Crippen LogP contribution in [-0.2, 0) is 32.6 Å². The van der Waals surface area contributed by atoms with Gasteiger partial charge in [0.15, 0.2) is 0 Å². The molecule has 0 aliphatic rings. The highest BCUT2D eigenvalue weighted by Crippen LogP contribution is 2.22. The molecular weight excluding hydrogens is 562 g/mol. The Labute approximate surface area is 246 Å². The highest BCUT2D eigenvalue weighted by molar-refractivity contribution is 7.89. The van der Waals surface area contributed by atoms with Gasteiger partial charge in [-0.2, -0.15) is 4.31 Å². The van der Waals surface area contributed by atoms with Crippen LogP contribution in [0.5, 0.6) is 0 Å². The van der Waals surface area contributed by atoms with Gasteiger partial charge in [-0.1, -0.05) is 54.6 Å². The van der Waals surface area contributed by atoms with Gasteiger partial charge in [-0.3, -0.25) is 0 Å². The molecule has 11 heteroatoms. The van der Waals surface area contributed by atoms with Crippen LogP contribution in [0.3, 0.4) is 0 Å². The lowest BCUT2D eigenvalue weighted by atomic mass is 10.1. The summed E-state index contributed by atoms with van der Waals surface area (Å²) in [4.78, 5) is 25.8. The summed E-state index contributed by atoms with van der Waals surface area (Å²) < 4.78 is 39.4. The average molecular weight is 602 g/mol. The van der Waals surface area contributed by atoms with Gasteiger partial charge in [-0.05, 0) is 69.2 Å². The lowest BCUT2D eigenvalue weighted by Gasteiger charge is -2.29. The molecule has 2 N–H and O–H groups in total. The standard InChI is InChI=1S/C30H39N3O6S2/c1-30(2,3)39-29(35)32-25(15-10-11-19-31-28(34)38-23-24-13-6-4-7-14-24)21-33(22-26-16-12-20-40-26)41(36,37)27-17-8-5-9-18-27/h4-9,12-14,16-18,20,25H,10-11,15,19,21-23H2,1-3H3,(H,31,34)(H,32,35). The van der Waals surface area contributed by atoms with E-state index in [1.54, 1.807) is 51.1 Å². The van der Waals surface area contributed by atoms with Crippen molar-refractivity contribution in [1.29, 1.82) is 0 Å². The van der Waals surface area contributed by atoms with Crippen LogP contribution in [0.15, 0.2) is 83.1 Å². The van der Waals surface area contributed by atoms with Crippen molar-refractivity contribution >= 4 is 33.5 Å². The third-order valence-corrected chi connectivity index (χ3v) is 8.59. The molecule has 41 heavy (non-hydrogen) atoms. The number of sulfonamides is 1. The van der Waals surface area contributed by atoms with Gasteiger partial charge in [0.2, 0.25) is 10.0 Å². The minimum atomic E-state index is -3.84. The summed E-state index contributed by atoms with van der Waals surface area (Å²) in [7, 11) is -3.84. The van der Waals surface area contributed by atoms with Crippen LogP contribution in [0, 0.1) is 0 Å². The predicted octanol–water partition coefficient (Wildman–Crippen LogP) is 5.93. The van der Waals surface area contributed by atoms with Crippen molar-refractivity contribution in [3.8, 4) is 0 Å². The second-order valence-corrected chi connectivity index (χ2v) is 13.5. The lowest BCUT2D eigenvalue weighted by Crippen LogP contribution is -2.47.